The van der Waals surface area contributed by atoms with Gasteiger partial charge in [-0.05, 0) is 31.0 Å². The molecule has 0 atom stereocenters. The molecule has 3 heteroatoms. The van der Waals surface area contributed by atoms with Gasteiger partial charge in [0, 0.05) is 17.8 Å². The number of nitrogen functional groups attached to an aromatic ring is 1. The van der Waals surface area contributed by atoms with Crippen LogP contribution in [0.25, 0.3) is 0 Å². The van der Waals surface area contributed by atoms with E-state index in [1.807, 2.05) is 19.1 Å². The van der Waals surface area contributed by atoms with Crippen molar-refractivity contribution < 1.29 is 4.79 Å². The minimum absolute atomic E-state index is 0.0664. The van der Waals surface area contributed by atoms with E-state index in [2.05, 4.69) is 12.2 Å². The summed E-state index contributed by atoms with van der Waals surface area (Å²) in [5, 5.41) is 2.85. The van der Waals surface area contributed by atoms with Crippen LogP contribution in [0, 0.1) is 6.92 Å². The summed E-state index contributed by atoms with van der Waals surface area (Å²) in [4.78, 5) is 11.5. The Bertz CT molecular complexity index is 361. The lowest BCUT2D eigenvalue weighted by atomic mass is 10.1. The number of aryl methyl sites for hydroxylation is 1. The summed E-state index contributed by atoms with van der Waals surface area (Å²) in [6, 6.07) is 5.59. The van der Waals surface area contributed by atoms with Gasteiger partial charge in [0.1, 0.15) is 0 Å². The Morgan fingerprint density at radius 2 is 2.12 bits per heavy atom. The third-order valence-corrected chi connectivity index (χ3v) is 2.57. The summed E-state index contributed by atoms with van der Waals surface area (Å²) in [7, 11) is 0. The summed E-state index contributed by atoms with van der Waals surface area (Å²) in [6.07, 6.45) is 3.76. The SMILES string of the molecule is CCCCCC(=O)Nc1ccc(C)c(N)c1. The summed E-state index contributed by atoms with van der Waals surface area (Å²) < 4.78 is 0. The summed E-state index contributed by atoms with van der Waals surface area (Å²) in [5.41, 5.74) is 8.29. The zero-order valence-electron chi connectivity index (χ0n) is 10.0. The maximum absolute atomic E-state index is 11.5. The minimum atomic E-state index is 0.0664. The third kappa shape index (κ3) is 3.93. The van der Waals surface area contributed by atoms with Crippen LogP contribution in [0.4, 0.5) is 11.4 Å². The van der Waals surface area contributed by atoms with E-state index in [0.717, 1.165) is 30.5 Å². The molecule has 1 rings (SSSR count). The van der Waals surface area contributed by atoms with E-state index >= 15 is 0 Å². The Labute approximate surface area is 97.0 Å². The van der Waals surface area contributed by atoms with Gasteiger partial charge in [0.25, 0.3) is 0 Å². The average Bonchev–Trinajstić information content (AvgIpc) is 2.24. The molecule has 3 N–H and O–H groups in total. The van der Waals surface area contributed by atoms with E-state index in [-0.39, 0.29) is 5.91 Å². The van der Waals surface area contributed by atoms with Gasteiger partial charge < -0.3 is 11.1 Å². The van der Waals surface area contributed by atoms with Crippen molar-refractivity contribution in [1.82, 2.24) is 0 Å². The van der Waals surface area contributed by atoms with Gasteiger partial charge in [0.15, 0.2) is 0 Å². The fourth-order valence-electron chi connectivity index (χ4n) is 1.48. The van der Waals surface area contributed by atoms with Crippen molar-refractivity contribution >= 4 is 17.3 Å². The van der Waals surface area contributed by atoms with Gasteiger partial charge in [-0.15, -0.1) is 0 Å². The van der Waals surface area contributed by atoms with E-state index in [4.69, 9.17) is 5.73 Å². The molecule has 0 aliphatic heterocycles. The molecule has 1 aromatic carbocycles. The maximum atomic E-state index is 11.5. The molecule has 0 unspecified atom stereocenters. The van der Waals surface area contributed by atoms with Crippen LogP contribution >= 0.6 is 0 Å². The first-order chi connectivity index (χ1) is 7.63. The number of amides is 1. The van der Waals surface area contributed by atoms with Crippen LogP contribution in [0.1, 0.15) is 38.2 Å². The van der Waals surface area contributed by atoms with Crippen molar-refractivity contribution in [2.24, 2.45) is 0 Å². The first-order valence-corrected chi connectivity index (χ1v) is 5.79. The number of carbonyl (C=O) groups excluding carboxylic acids is 1. The summed E-state index contributed by atoms with van der Waals surface area (Å²) >= 11 is 0. The Kier molecular flexibility index (Phi) is 4.83. The lowest BCUT2D eigenvalue weighted by Gasteiger charge is -2.07. The molecular weight excluding hydrogens is 200 g/mol. The fourth-order valence-corrected chi connectivity index (χ4v) is 1.48. The average molecular weight is 220 g/mol. The molecule has 88 valence electrons. The van der Waals surface area contributed by atoms with Crippen molar-refractivity contribution in [3.63, 3.8) is 0 Å². The number of benzene rings is 1. The molecule has 0 spiro atoms. The number of anilines is 2. The molecule has 0 heterocycles. The van der Waals surface area contributed by atoms with E-state index in [1.54, 1.807) is 6.07 Å². The molecule has 0 bridgehead atoms. The zero-order valence-corrected chi connectivity index (χ0v) is 10.0. The van der Waals surface area contributed by atoms with E-state index in [1.165, 1.54) is 0 Å². The Hall–Kier alpha value is -1.51. The summed E-state index contributed by atoms with van der Waals surface area (Å²) in [5.74, 6) is 0.0664. The lowest BCUT2D eigenvalue weighted by Crippen LogP contribution is -2.11. The molecule has 0 aromatic heterocycles. The van der Waals surface area contributed by atoms with E-state index in [0.29, 0.717) is 12.1 Å². The van der Waals surface area contributed by atoms with Gasteiger partial charge in [-0.1, -0.05) is 25.8 Å². The standard InChI is InChI=1S/C13H20N2O/c1-3-4-5-6-13(16)15-11-8-7-10(2)12(14)9-11/h7-9H,3-6,14H2,1-2H3,(H,15,16). The second kappa shape index (κ2) is 6.16. The lowest BCUT2D eigenvalue weighted by molar-refractivity contribution is -0.116. The molecule has 16 heavy (non-hydrogen) atoms. The van der Waals surface area contributed by atoms with Crippen molar-refractivity contribution in [2.75, 3.05) is 11.1 Å². The molecule has 0 saturated heterocycles. The second-order valence-electron chi connectivity index (χ2n) is 4.08. The minimum Gasteiger partial charge on any atom is -0.398 e. The smallest absolute Gasteiger partial charge is 0.224 e. The zero-order chi connectivity index (χ0) is 12.0. The molecule has 0 saturated carbocycles. The van der Waals surface area contributed by atoms with Gasteiger partial charge in [0.2, 0.25) is 5.91 Å². The molecule has 0 fully saturated rings. The van der Waals surface area contributed by atoms with Gasteiger partial charge >= 0.3 is 0 Å². The van der Waals surface area contributed by atoms with Crippen molar-refractivity contribution in [3.8, 4) is 0 Å². The van der Waals surface area contributed by atoms with Gasteiger partial charge in [0.05, 0.1) is 0 Å². The maximum Gasteiger partial charge on any atom is 0.224 e. The largest absolute Gasteiger partial charge is 0.398 e. The molecule has 0 aliphatic rings. The fraction of sp³-hybridized carbons (Fsp3) is 0.462. The number of nitrogens with one attached hydrogen (secondary N) is 1. The predicted molar refractivity (Wildman–Crippen MR) is 68.4 cm³/mol. The number of hydrogen-bond acceptors (Lipinski definition) is 2. The summed E-state index contributed by atoms with van der Waals surface area (Å²) in [6.45, 7) is 4.07. The van der Waals surface area contributed by atoms with Crippen LogP contribution in [0.3, 0.4) is 0 Å². The van der Waals surface area contributed by atoms with Crippen LogP contribution < -0.4 is 11.1 Å². The van der Waals surface area contributed by atoms with Crippen LogP contribution in [0.15, 0.2) is 18.2 Å². The second-order valence-corrected chi connectivity index (χ2v) is 4.08. The number of carbonyl (C=O) groups is 1. The highest BCUT2D eigenvalue weighted by molar-refractivity contribution is 5.91. The monoisotopic (exact) mass is 220 g/mol. The number of unbranched alkanes of at least 4 members (excludes halogenated alkanes) is 2. The Balaban J connectivity index is 2.46. The quantitative estimate of drug-likeness (QED) is 0.591. The topological polar surface area (TPSA) is 55.1 Å². The van der Waals surface area contributed by atoms with Gasteiger partial charge in [-0.3, -0.25) is 4.79 Å². The van der Waals surface area contributed by atoms with Crippen molar-refractivity contribution in [3.05, 3.63) is 23.8 Å². The van der Waals surface area contributed by atoms with Crippen molar-refractivity contribution in [2.45, 2.75) is 39.5 Å². The Morgan fingerprint density at radius 3 is 2.75 bits per heavy atom. The number of nitrogens with two attached hydrogens (primary N) is 1. The van der Waals surface area contributed by atoms with E-state index in [9.17, 15) is 4.79 Å². The third-order valence-electron chi connectivity index (χ3n) is 2.57. The molecule has 0 aliphatic carbocycles. The highest BCUT2D eigenvalue weighted by Crippen LogP contribution is 2.17. The first kappa shape index (κ1) is 12.6. The van der Waals surface area contributed by atoms with Crippen LogP contribution in [-0.4, -0.2) is 5.91 Å². The van der Waals surface area contributed by atoms with Gasteiger partial charge in [-0.25, -0.2) is 0 Å². The molecule has 3 nitrogen and oxygen atoms in total. The van der Waals surface area contributed by atoms with Crippen LogP contribution in [0.5, 0.6) is 0 Å². The number of rotatable bonds is 5. The number of hydrogen-bond donors (Lipinski definition) is 2. The first-order valence-electron chi connectivity index (χ1n) is 5.79. The van der Waals surface area contributed by atoms with Crippen molar-refractivity contribution in [1.29, 1.82) is 0 Å². The molecule has 1 aromatic rings. The van der Waals surface area contributed by atoms with E-state index < -0.39 is 0 Å². The normalized spacial score (nSPS) is 10.1. The highest BCUT2D eigenvalue weighted by atomic mass is 16.1. The molecular formula is C13H20N2O. The van der Waals surface area contributed by atoms with Crippen LogP contribution in [0.2, 0.25) is 0 Å². The molecule has 1 amide bonds. The molecule has 0 radical (unpaired) electrons. The highest BCUT2D eigenvalue weighted by Gasteiger charge is 2.02. The Morgan fingerprint density at radius 1 is 1.38 bits per heavy atom. The van der Waals surface area contributed by atoms with Crippen LogP contribution in [-0.2, 0) is 4.79 Å². The van der Waals surface area contributed by atoms with Gasteiger partial charge in [-0.2, -0.15) is 0 Å². The predicted octanol–water partition coefficient (Wildman–Crippen LogP) is 3.10.